The van der Waals surface area contributed by atoms with Crippen LogP contribution in [0.5, 0.6) is 17.2 Å². The molecule has 3 atom stereocenters. The average molecular weight is 669 g/mol. The van der Waals surface area contributed by atoms with E-state index in [9.17, 15) is 24.5 Å². The fourth-order valence-electron chi connectivity index (χ4n) is 4.83. The minimum absolute atomic E-state index is 0.0253. The van der Waals surface area contributed by atoms with Gasteiger partial charge in [0.2, 0.25) is 5.91 Å². The van der Waals surface area contributed by atoms with E-state index in [0.717, 1.165) is 16.8 Å². The summed E-state index contributed by atoms with van der Waals surface area (Å²) in [5, 5.41) is 18.8. The van der Waals surface area contributed by atoms with Crippen molar-refractivity contribution in [1.82, 2.24) is 9.91 Å². The Morgan fingerprint density at radius 1 is 1.15 bits per heavy atom. The molecule has 15 nitrogen and oxygen atoms in total. The Kier molecular flexibility index (Phi) is 11.9. The second-order valence-electron chi connectivity index (χ2n) is 10.6. The van der Waals surface area contributed by atoms with E-state index in [-0.39, 0.29) is 60.0 Å². The van der Waals surface area contributed by atoms with E-state index in [1.54, 1.807) is 29.2 Å². The van der Waals surface area contributed by atoms with Crippen molar-refractivity contribution in [3.8, 4) is 17.2 Å². The first-order chi connectivity index (χ1) is 22.5. The van der Waals surface area contributed by atoms with Crippen LogP contribution in [0.2, 0.25) is 0 Å². The monoisotopic (exact) mass is 668 g/mol. The molecule has 0 aliphatic carbocycles. The first kappa shape index (κ1) is 34.9. The number of benzene rings is 2. The van der Waals surface area contributed by atoms with Crippen molar-refractivity contribution in [3.63, 3.8) is 0 Å². The van der Waals surface area contributed by atoms with E-state index in [4.69, 9.17) is 18.9 Å². The minimum Gasteiger partial charge on any atom is -0.496 e. The number of thioether (sulfide) groups is 1. The number of hydrogen-bond acceptors (Lipinski definition) is 12. The maximum absolute atomic E-state index is 13.3. The standard InChI is InChI=1S/C31H36N6O9S/c1-6-11-32-31-36(30(40)27(47-31)14-28(38)34-23-9-8-22(43-4)13-24(23)37(41)42)33-15-21-7-10-25(26(12-21)44-5)45-18-29(39)35-16-19(2)46-20(3)17-35/h6-10,12-13,15,19-20,27H,1,11,14,16-18H2,2-5H3,(H,34,38). The van der Waals surface area contributed by atoms with Crippen LogP contribution in [0.1, 0.15) is 25.8 Å². The summed E-state index contributed by atoms with van der Waals surface area (Å²) in [6.45, 7) is 8.49. The van der Waals surface area contributed by atoms with Crippen LogP contribution in [-0.2, 0) is 19.1 Å². The first-order valence-corrected chi connectivity index (χ1v) is 15.5. The fraction of sp³-hybridized carbons (Fsp3) is 0.387. The quantitative estimate of drug-likeness (QED) is 0.144. The molecule has 47 heavy (non-hydrogen) atoms. The van der Waals surface area contributed by atoms with Gasteiger partial charge >= 0.3 is 0 Å². The van der Waals surface area contributed by atoms with Crippen LogP contribution >= 0.6 is 11.8 Å². The molecule has 2 aromatic rings. The van der Waals surface area contributed by atoms with Gasteiger partial charge in [-0.1, -0.05) is 17.8 Å². The number of morpholine rings is 1. The number of nitrogens with one attached hydrogen (secondary N) is 1. The smallest absolute Gasteiger partial charge is 0.296 e. The zero-order chi connectivity index (χ0) is 34.1. The molecule has 3 unspecified atom stereocenters. The molecule has 2 heterocycles. The third-order valence-corrected chi connectivity index (χ3v) is 8.11. The second kappa shape index (κ2) is 16.0. The number of methoxy groups -OCH3 is 2. The van der Waals surface area contributed by atoms with Gasteiger partial charge in [0.15, 0.2) is 23.3 Å². The molecule has 2 aromatic carbocycles. The first-order valence-electron chi connectivity index (χ1n) is 14.6. The second-order valence-corrected chi connectivity index (χ2v) is 11.7. The van der Waals surface area contributed by atoms with Crippen LogP contribution in [-0.4, -0.2) is 102 Å². The highest BCUT2D eigenvalue weighted by Gasteiger charge is 2.39. The van der Waals surface area contributed by atoms with Crippen molar-refractivity contribution in [2.24, 2.45) is 10.1 Å². The van der Waals surface area contributed by atoms with E-state index < -0.39 is 22.0 Å². The van der Waals surface area contributed by atoms with Gasteiger partial charge in [0.1, 0.15) is 16.7 Å². The van der Waals surface area contributed by atoms with E-state index in [0.29, 0.717) is 30.2 Å². The molecule has 0 bridgehead atoms. The Morgan fingerprint density at radius 2 is 1.89 bits per heavy atom. The van der Waals surface area contributed by atoms with Gasteiger partial charge < -0.3 is 29.2 Å². The lowest BCUT2D eigenvalue weighted by molar-refractivity contribution is -0.384. The molecule has 4 rings (SSSR count). The SMILES string of the molecule is C=CCN=C1SC(CC(=O)Nc2ccc(OC)cc2[N+](=O)[O-])C(=O)N1N=Cc1ccc(OCC(=O)N2CC(C)OC(C)C2)c(OC)c1. The molecule has 3 amide bonds. The highest BCUT2D eigenvalue weighted by atomic mass is 32.2. The third-order valence-electron chi connectivity index (χ3n) is 6.95. The predicted octanol–water partition coefficient (Wildman–Crippen LogP) is 3.48. The van der Waals surface area contributed by atoms with Crippen LogP contribution in [0.15, 0.2) is 59.1 Å². The summed E-state index contributed by atoms with van der Waals surface area (Å²) >= 11 is 1.05. The van der Waals surface area contributed by atoms with Crippen LogP contribution in [0.25, 0.3) is 0 Å². The summed E-state index contributed by atoms with van der Waals surface area (Å²) < 4.78 is 22.0. The molecule has 0 aromatic heterocycles. The zero-order valence-electron chi connectivity index (χ0n) is 26.4. The Morgan fingerprint density at radius 3 is 2.55 bits per heavy atom. The number of nitrogens with zero attached hydrogens (tertiary/aromatic N) is 5. The molecule has 2 aliphatic rings. The van der Waals surface area contributed by atoms with Gasteiger partial charge in [-0.05, 0) is 49.7 Å². The Labute approximate surface area is 275 Å². The number of nitro benzene ring substituents is 1. The van der Waals surface area contributed by atoms with Crippen molar-refractivity contribution < 1.29 is 38.3 Å². The lowest BCUT2D eigenvalue weighted by atomic mass is 10.2. The lowest BCUT2D eigenvalue weighted by Gasteiger charge is -2.35. The molecular weight excluding hydrogens is 632 g/mol. The van der Waals surface area contributed by atoms with Crippen molar-refractivity contribution in [2.45, 2.75) is 37.7 Å². The number of ether oxygens (including phenoxy) is 4. The Bertz CT molecular complexity index is 1570. The summed E-state index contributed by atoms with van der Waals surface area (Å²) in [4.78, 5) is 55.9. The summed E-state index contributed by atoms with van der Waals surface area (Å²) in [6, 6.07) is 9.00. The number of hydrogen-bond donors (Lipinski definition) is 1. The number of carbonyl (C=O) groups is 3. The molecule has 250 valence electrons. The molecule has 0 radical (unpaired) electrons. The van der Waals surface area contributed by atoms with Crippen LogP contribution in [0, 0.1) is 10.1 Å². The van der Waals surface area contributed by atoms with Crippen molar-refractivity contribution >= 4 is 52.2 Å². The topological polar surface area (TPSA) is 174 Å². The van der Waals surface area contributed by atoms with Crippen LogP contribution in [0.3, 0.4) is 0 Å². The van der Waals surface area contributed by atoms with E-state index >= 15 is 0 Å². The molecule has 16 heteroatoms. The van der Waals surface area contributed by atoms with Gasteiger partial charge in [0.05, 0.1) is 50.2 Å². The summed E-state index contributed by atoms with van der Waals surface area (Å²) in [5.74, 6) is -0.288. The van der Waals surface area contributed by atoms with Crippen molar-refractivity contribution in [2.75, 3.05) is 45.8 Å². The summed E-state index contributed by atoms with van der Waals surface area (Å²) in [5.41, 5.74) is 0.190. The van der Waals surface area contributed by atoms with Crippen LogP contribution in [0.4, 0.5) is 11.4 Å². The van der Waals surface area contributed by atoms with E-state index in [2.05, 4.69) is 22.0 Å². The summed E-state index contributed by atoms with van der Waals surface area (Å²) in [6.07, 6.45) is 2.58. The number of nitro groups is 1. The van der Waals surface area contributed by atoms with Crippen LogP contribution < -0.4 is 19.5 Å². The predicted molar refractivity (Wildman–Crippen MR) is 176 cm³/mol. The molecule has 0 spiro atoms. The summed E-state index contributed by atoms with van der Waals surface area (Å²) in [7, 11) is 2.84. The highest BCUT2D eigenvalue weighted by molar-refractivity contribution is 8.15. The van der Waals surface area contributed by atoms with E-state index in [1.165, 1.54) is 38.6 Å². The highest BCUT2D eigenvalue weighted by Crippen LogP contribution is 2.33. The van der Waals surface area contributed by atoms with Gasteiger partial charge in [-0.25, -0.2) is 0 Å². The molecule has 2 fully saturated rings. The fourth-order valence-corrected chi connectivity index (χ4v) is 5.90. The minimum atomic E-state index is -0.881. The van der Waals surface area contributed by atoms with E-state index in [1.807, 2.05) is 13.8 Å². The van der Waals surface area contributed by atoms with Gasteiger partial charge in [-0.3, -0.25) is 29.5 Å². The number of hydrazone groups is 1. The average Bonchev–Trinajstić information content (AvgIpc) is 3.33. The number of amides is 3. The number of rotatable bonds is 13. The third kappa shape index (κ3) is 9.07. The Balaban J connectivity index is 1.43. The zero-order valence-corrected chi connectivity index (χ0v) is 27.2. The van der Waals surface area contributed by atoms with Crippen molar-refractivity contribution in [1.29, 1.82) is 0 Å². The van der Waals surface area contributed by atoms with Gasteiger partial charge in [0.25, 0.3) is 17.5 Å². The molecular formula is C31H36N6O9S. The molecule has 1 N–H and O–H groups in total. The number of aliphatic imine (C=N–C) groups is 1. The van der Waals surface area contributed by atoms with Gasteiger partial charge in [0, 0.05) is 19.5 Å². The number of carbonyl (C=O) groups excluding carboxylic acids is 3. The maximum Gasteiger partial charge on any atom is 0.296 e. The van der Waals surface area contributed by atoms with Gasteiger partial charge in [-0.2, -0.15) is 10.1 Å². The maximum atomic E-state index is 13.3. The molecule has 2 saturated heterocycles. The largest absolute Gasteiger partial charge is 0.496 e. The Hall–Kier alpha value is -4.96. The normalized spacial score (nSPS) is 20.4. The van der Waals surface area contributed by atoms with Crippen molar-refractivity contribution in [3.05, 3.63) is 64.7 Å². The molecule has 0 saturated carbocycles. The van der Waals surface area contributed by atoms with Gasteiger partial charge in [-0.15, -0.1) is 6.58 Å². The number of amidine groups is 1. The number of anilines is 1. The molecule has 2 aliphatic heterocycles. The lowest BCUT2D eigenvalue weighted by Crippen LogP contribution is -2.49.